The van der Waals surface area contributed by atoms with Crippen molar-refractivity contribution in [3.8, 4) is 11.8 Å². The van der Waals surface area contributed by atoms with Gasteiger partial charge >= 0.3 is 6.18 Å². The number of anilines is 1. The minimum absolute atomic E-state index is 0.00427. The van der Waals surface area contributed by atoms with Gasteiger partial charge in [0.1, 0.15) is 11.7 Å². The van der Waals surface area contributed by atoms with Gasteiger partial charge in [0, 0.05) is 79.2 Å². The number of carbonyl (C=O) groups is 5. The van der Waals surface area contributed by atoms with E-state index in [1.165, 1.54) is 28.8 Å². The Morgan fingerprint density at radius 2 is 1.80 bits per heavy atom. The zero-order valence-electron chi connectivity index (χ0n) is 32.2. The van der Waals surface area contributed by atoms with Crippen LogP contribution < -0.4 is 10.6 Å². The maximum Gasteiger partial charge on any atom is 0.416 e. The molecule has 3 aliphatic heterocycles. The van der Waals surface area contributed by atoms with E-state index >= 15 is 0 Å². The van der Waals surface area contributed by atoms with Crippen LogP contribution in [-0.4, -0.2) is 96.8 Å². The van der Waals surface area contributed by atoms with Crippen molar-refractivity contribution in [1.29, 1.82) is 0 Å². The van der Waals surface area contributed by atoms with Gasteiger partial charge in [-0.3, -0.25) is 34.2 Å². The van der Waals surface area contributed by atoms with Gasteiger partial charge in [-0.15, -0.1) is 11.8 Å². The number of alkyl halides is 3. The topological polar surface area (TPSA) is 149 Å². The van der Waals surface area contributed by atoms with Crippen LogP contribution >= 0.6 is 11.8 Å². The average molecular weight is 835 g/mol. The van der Waals surface area contributed by atoms with Crippen LogP contribution in [0.15, 0.2) is 84.0 Å². The van der Waals surface area contributed by atoms with Gasteiger partial charge in [-0.2, -0.15) is 18.3 Å². The molecule has 5 heterocycles. The minimum atomic E-state index is -4.69. The predicted octanol–water partition coefficient (Wildman–Crippen LogP) is 4.91. The second-order valence-electron chi connectivity index (χ2n) is 14.7. The standard InChI is InChI=1S/C43H37F3N8O5S/c1-26-7-8-28(20-27(26)10-12-31-22-47-37-6-3-15-48-54(31)37)40(57)49-30-11-9-29(34(21-30)43(44,45)46)23-51-16-18-52(19-17-51)39(56)25-60-36-5-2-4-32-33(36)24-53(42(32)59)35-13-14-38(55)50-41(35)58/h2-9,11,15,20-22,35H,13-14,16-19,23-25H2,1H3,(H,49,57)(H,50,55,58). The van der Waals surface area contributed by atoms with Crippen molar-refractivity contribution < 1.29 is 37.1 Å². The number of imidazole rings is 1. The first-order valence-electron chi connectivity index (χ1n) is 19.1. The smallest absolute Gasteiger partial charge is 0.339 e. The summed E-state index contributed by atoms with van der Waals surface area (Å²) in [5.41, 5.74) is 3.15. The normalized spacial score (nSPS) is 17.0. The molecule has 60 heavy (non-hydrogen) atoms. The number of imide groups is 1. The summed E-state index contributed by atoms with van der Waals surface area (Å²) in [6.45, 7) is 3.38. The van der Waals surface area contributed by atoms with Crippen molar-refractivity contribution in [3.63, 3.8) is 0 Å². The van der Waals surface area contributed by atoms with Crippen LogP contribution in [0.5, 0.6) is 0 Å². The Hall–Kier alpha value is -6.51. The number of benzene rings is 3. The van der Waals surface area contributed by atoms with Gasteiger partial charge in [0.05, 0.1) is 17.5 Å². The second kappa shape index (κ2) is 16.6. The Morgan fingerprint density at radius 3 is 2.58 bits per heavy atom. The molecule has 306 valence electrons. The molecule has 5 aromatic rings. The van der Waals surface area contributed by atoms with Crippen molar-refractivity contribution >= 4 is 52.6 Å². The molecule has 0 spiro atoms. The van der Waals surface area contributed by atoms with Crippen molar-refractivity contribution in [1.82, 2.24) is 34.6 Å². The van der Waals surface area contributed by atoms with Crippen LogP contribution in [0.1, 0.15) is 67.1 Å². The number of hydrogen-bond acceptors (Lipinski definition) is 9. The lowest BCUT2D eigenvalue weighted by atomic mass is 10.0. The number of amides is 5. The molecular formula is C43H37F3N8O5S. The molecule has 13 nitrogen and oxygen atoms in total. The molecule has 3 aromatic carbocycles. The van der Waals surface area contributed by atoms with Gasteiger partial charge in [0.2, 0.25) is 17.7 Å². The van der Waals surface area contributed by atoms with Crippen LogP contribution in [0.2, 0.25) is 0 Å². The summed E-state index contributed by atoms with van der Waals surface area (Å²) in [7, 11) is 0. The zero-order chi connectivity index (χ0) is 42.1. The number of piperazine rings is 1. The lowest BCUT2D eigenvalue weighted by Gasteiger charge is -2.35. The monoisotopic (exact) mass is 834 g/mol. The largest absolute Gasteiger partial charge is 0.416 e. The van der Waals surface area contributed by atoms with Crippen molar-refractivity contribution in [2.45, 2.75) is 50.0 Å². The molecular weight excluding hydrogens is 798 g/mol. The molecule has 2 fully saturated rings. The summed E-state index contributed by atoms with van der Waals surface area (Å²) >= 11 is 1.29. The fraction of sp³-hybridized carbons (Fsp3) is 0.279. The van der Waals surface area contributed by atoms with Crippen LogP contribution in [0.4, 0.5) is 18.9 Å². The first-order chi connectivity index (χ1) is 28.8. The fourth-order valence-corrected chi connectivity index (χ4v) is 8.51. The molecule has 3 aliphatic rings. The summed E-state index contributed by atoms with van der Waals surface area (Å²) in [5.74, 6) is 4.27. The number of rotatable bonds is 8. The minimum Gasteiger partial charge on any atom is -0.339 e. The summed E-state index contributed by atoms with van der Waals surface area (Å²) in [6, 6.07) is 16.7. The third kappa shape index (κ3) is 8.47. The van der Waals surface area contributed by atoms with E-state index < -0.39 is 29.6 Å². The van der Waals surface area contributed by atoms with Gasteiger partial charge in [-0.25, -0.2) is 9.50 Å². The average Bonchev–Trinajstić information content (AvgIpc) is 3.80. The van der Waals surface area contributed by atoms with Crippen LogP contribution in [0, 0.1) is 18.8 Å². The molecule has 2 aromatic heterocycles. The third-order valence-electron chi connectivity index (χ3n) is 10.8. The van der Waals surface area contributed by atoms with Crippen LogP contribution in [0.25, 0.3) is 5.65 Å². The first kappa shape index (κ1) is 40.3. The number of aromatic nitrogens is 3. The van der Waals surface area contributed by atoms with Crippen molar-refractivity contribution in [3.05, 3.63) is 124 Å². The molecule has 0 saturated carbocycles. The highest BCUT2D eigenvalue weighted by atomic mass is 32.2. The van der Waals surface area contributed by atoms with E-state index in [1.54, 1.807) is 64.3 Å². The Morgan fingerprint density at radius 1 is 0.983 bits per heavy atom. The molecule has 2 N–H and O–H groups in total. The zero-order valence-corrected chi connectivity index (χ0v) is 33.0. The highest BCUT2D eigenvalue weighted by Gasteiger charge is 2.40. The number of piperidine rings is 1. The van der Waals surface area contributed by atoms with Gasteiger partial charge in [0.15, 0.2) is 5.65 Å². The molecule has 0 aliphatic carbocycles. The number of halogens is 3. The van der Waals surface area contributed by atoms with E-state index in [9.17, 15) is 37.1 Å². The van der Waals surface area contributed by atoms with E-state index in [-0.39, 0.29) is 66.2 Å². The highest BCUT2D eigenvalue weighted by molar-refractivity contribution is 8.00. The van der Waals surface area contributed by atoms with Crippen molar-refractivity contribution in [2.75, 3.05) is 37.2 Å². The lowest BCUT2D eigenvalue weighted by Crippen LogP contribution is -2.52. The number of nitrogens with one attached hydrogen (secondary N) is 2. The number of nitrogens with zero attached hydrogens (tertiary/aromatic N) is 6. The van der Waals surface area contributed by atoms with Crippen LogP contribution in [-0.2, 0) is 33.6 Å². The number of thioether (sulfide) groups is 1. The Balaban J connectivity index is 0.865. The molecule has 2 saturated heterocycles. The quantitative estimate of drug-likeness (QED) is 0.127. The Labute approximate surface area is 346 Å². The number of hydrogen-bond donors (Lipinski definition) is 2. The third-order valence-corrected chi connectivity index (χ3v) is 11.9. The van der Waals surface area contributed by atoms with Gasteiger partial charge in [-0.05, 0) is 84.5 Å². The van der Waals surface area contributed by atoms with E-state index in [0.29, 0.717) is 48.6 Å². The molecule has 8 rings (SSSR count). The fourth-order valence-electron chi connectivity index (χ4n) is 7.52. The molecule has 17 heteroatoms. The molecule has 0 radical (unpaired) electrons. The molecule has 1 unspecified atom stereocenters. The first-order valence-corrected chi connectivity index (χ1v) is 20.1. The number of aryl methyl sites for hydroxylation is 1. The number of fused-ring (bicyclic) bond motifs is 2. The van der Waals surface area contributed by atoms with E-state index in [1.807, 2.05) is 17.9 Å². The van der Waals surface area contributed by atoms with Gasteiger partial charge in [-0.1, -0.05) is 24.1 Å². The van der Waals surface area contributed by atoms with Crippen LogP contribution in [0.3, 0.4) is 0 Å². The predicted molar refractivity (Wildman–Crippen MR) is 215 cm³/mol. The maximum absolute atomic E-state index is 14.4. The lowest BCUT2D eigenvalue weighted by molar-refractivity contribution is -0.139. The number of carbonyl (C=O) groups excluding carboxylic acids is 5. The van der Waals surface area contributed by atoms with E-state index in [0.717, 1.165) is 22.1 Å². The molecule has 1 atom stereocenters. The van der Waals surface area contributed by atoms with Gasteiger partial charge in [0.25, 0.3) is 11.8 Å². The molecule has 0 bridgehead atoms. The maximum atomic E-state index is 14.4. The SMILES string of the molecule is Cc1ccc(C(=O)Nc2ccc(CN3CCN(C(=O)CSc4cccc5c4CN(C4CCC(=O)NC4=O)C5=O)CC3)c(C(F)(F)F)c2)cc1C#Cc1cnc2cccnn12. The van der Waals surface area contributed by atoms with E-state index in [4.69, 9.17) is 0 Å². The summed E-state index contributed by atoms with van der Waals surface area (Å²) in [6.07, 6.45) is -1.08. The summed E-state index contributed by atoms with van der Waals surface area (Å²) in [4.78, 5) is 73.9. The second-order valence-corrected chi connectivity index (χ2v) is 15.7. The van der Waals surface area contributed by atoms with Crippen molar-refractivity contribution in [2.24, 2.45) is 0 Å². The van der Waals surface area contributed by atoms with Gasteiger partial charge < -0.3 is 15.1 Å². The summed E-state index contributed by atoms with van der Waals surface area (Å²) in [5, 5.41) is 9.15. The van der Waals surface area contributed by atoms with E-state index in [2.05, 4.69) is 32.6 Å². The Kier molecular flexibility index (Phi) is 11.2. The Bertz CT molecular complexity index is 2630. The molecule has 5 amide bonds. The highest BCUT2D eigenvalue weighted by Crippen LogP contribution is 2.36. The summed E-state index contributed by atoms with van der Waals surface area (Å²) < 4.78 is 44.9.